The second-order valence-corrected chi connectivity index (χ2v) is 8.26. The van der Waals surface area contributed by atoms with Crippen LogP contribution in [0.5, 0.6) is 5.75 Å². The van der Waals surface area contributed by atoms with Crippen molar-refractivity contribution < 1.29 is 19.4 Å². The summed E-state index contributed by atoms with van der Waals surface area (Å²) in [6.45, 7) is 4.51. The molecule has 1 unspecified atom stereocenters. The van der Waals surface area contributed by atoms with Crippen molar-refractivity contribution in [3.63, 3.8) is 0 Å². The van der Waals surface area contributed by atoms with Crippen LogP contribution in [0.2, 0.25) is 0 Å². The Morgan fingerprint density at radius 1 is 1.17 bits per heavy atom. The van der Waals surface area contributed by atoms with Crippen LogP contribution in [0.4, 0.5) is 0 Å². The minimum Gasteiger partial charge on any atom is -0.507 e. The first-order chi connectivity index (χ1) is 14.4. The van der Waals surface area contributed by atoms with Crippen LogP contribution in [0.3, 0.4) is 0 Å². The van der Waals surface area contributed by atoms with Gasteiger partial charge in [0.15, 0.2) is 0 Å². The third kappa shape index (κ3) is 4.15. The summed E-state index contributed by atoms with van der Waals surface area (Å²) in [5, 5.41) is 11.1. The molecule has 1 N–H and O–H groups in total. The lowest BCUT2D eigenvalue weighted by Crippen LogP contribution is -2.31. The van der Waals surface area contributed by atoms with Crippen LogP contribution in [-0.4, -0.2) is 35.4 Å². The molecule has 1 aliphatic heterocycles. The number of hydrogen-bond acceptors (Lipinski definition) is 4. The molecule has 0 aliphatic carbocycles. The number of likely N-dealkylation sites (tertiary alicyclic amines) is 1. The highest BCUT2D eigenvalue weighted by molar-refractivity contribution is 9.10. The van der Waals surface area contributed by atoms with Crippen molar-refractivity contribution in [1.29, 1.82) is 0 Å². The average Bonchev–Trinajstić information content (AvgIpc) is 2.98. The fourth-order valence-corrected chi connectivity index (χ4v) is 4.37. The fraction of sp³-hybridized carbons (Fsp3) is 0.333. The summed E-state index contributed by atoms with van der Waals surface area (Å²) < 4.78 is 5.90. The number of aliphatic hydroxyl groups is 1. The van der Waals surface area contributed by atoms with Gasteiger partial charge in [-0.25, -0.2) is 0 Å². The van der Waals surface area contributed by atoms with Gasteiger partial charge in [0.05, 0.1) is 23.2 Å². The van der Waals surface area contributed by atoms with Crippen LogP contribution in [-0.2, 0) is 9.59 Å². The number of aliphatic hydroxyl groups excluding tert-OH is 1. The van der Waals surface area contributed by atoms with E-state index in [0.717, 1.165) is 30.4 Å². The molecule has 0 saturated carbocycles. The van der Waals surface area contributed by atoms with Gasteiger partial charge in [0.25, 0.3) is 11.7 Å². The maximum atomic E-state index is 13.0. The van der Waals surface area contributed by atoms with Crippen molar-refractivity contribution in [2.24, 2.45) is 0 Å². The molecule has 5 nitrogen and oxygen atoms in total. The zero-order chi connectivity index (χ0) is 21.8. The lowest BCUT2D eigenvalue weighted by atomic mass is 9.92. The Hall–Kier alpha value is -2.60. The summed E-state index contributed by atoms with van der Waals surface area (Å²) >= 11 is 3.42. The van der Waals surface area contributed by atoms with Crippen molar-refractivity contribution in [2.75, 3.05) is 13.7 Å². The molecule has 0 radical (unpaired) electrons. The van der Waals surface area contributed by atoms with Gasteiger partial charge in [0.1, 0.15) is 11.5 Å². The number of nitrogens with zero attached hydrogens (tertiary/aromatic N) is 1. The molecular formula is C24H26BrNO4. The van der Waals surface area contributed by atoms with Crippen molar-refractivity contribution in [3.05, 3.63) is 69.2 Å². The van der Waals surface area contributed by atoms with E-state index >= 15 is 0 Å². The number of hydrogen-bond donors (Lipinski definition) is 1. The normalized spacial score (nSPS) is 18.1. The molecular weight excluding hydrogens is 446 g/mol. The van der Waals surface area contributed by atoms with Crippen LogP contribution in [0, 0.1) is 6.92 Å². The third-order valence-electron chi connectivity index (χ3n) is 5.45. The molecule has 1 saturated heterocycles. The predicted molar refractivity (Wildman–Crippen MR) is 120 cm³/mol. The number of halogens is 1. The number of amides is 1. The van der Waals surface area contributed by atoms with Gasteiger partial charge in [0.2, 0.25) is 0 Å². The molecule has 0 bridgehead atoms. The first-order valence-corrected chi connectivity index (χ1v) is 10.9. The molecule has 0 spiro atoms. The standard InChI is InChI=1S/C24H26BrNO4/c1-4-5-8-13-26-21(17-10-7-6-9-15(17)2)20(23(28)24(26)29)22(27)16-11-12-19(30-3)18(25)14-16/h6-7,9-12,14,21,27H,4-5,8,13H2,1-3H3/b22-20+. The predicted octanol–water partition coefficient (Wildman–Crippen LogP) is 5.38. The Morgan fingerprint density at radius 2 is 1.90 bits per heavy atom. The zero-order valence-electron chi connectivity index (χ0n) is 17.4. The highest BCUT2D eigenvalue weighted by Crippen LogP contribution is 2.41. The van der Waals surface area contributed by atoms with Crippen molar-refractivity contribution in [2.45, 2.75) is 39.2 Å². The number of rotatable bonds is 7. The Kier molecular flexibility index (Phi) is 6.98. The van der Waals surface area contributed by atoms with Crippen molar-refractivity contribution in [1.82, 2.24) is 4.90 Å². The SMILES string of the molecule is CCCCCN1C(=O)C(=O)/C(=C(/O)c2ccc(OC)c(Br)c2)C1c1ccccc1C. The molecule has 1 heterocycles. The topological polar surface area (TPSA) is 66.8 Å². The molecule has 2 aromatic carbocycles. The number of carbonyl (C=O) groups is 2. The van der Waals surface area contributed by atoms with Crippen LogP contribution >= 0.6 is 15.9 Å². The molecule has 3 rings (SSSR count). The maximum Gasteiger partial charge on any atom is 0.295 e. The smallest absolute Gasteiger partial charge is 0.295 e. The van der Waals surface area contributed by atoms with Gasteiger partial charge in [-0.2, -0.15) is 0 Å². The summed E-state index contributed by atoms with van der Waals surface area (Å²) in [4.78, 5) is 27.5. The van der Waals surface area contributed by atoms with Gasteiger partial charge in [-0.15, -0.1) is 0 Å². The van der Waals surface area contributed by atoms with E-state index in [-0.39, 0.29) is 11.3 Å². The number of aryl methyl sites for hydroxylation is 1. The molecule has 6 heteroatoms. The minimum atomic E-state index is -0.649. The van der Waals surface area contributed by atoms with Gasteiger partial charge in [-0.3, -0.25) is 9.59 Å². The van der Waals surface area contributed by atoms with Crippen molar-refractivity contribution >= 4 is 33.4 Å². The first-order valence-electron chi connectivity index (χ1n) is 10.1. The molecule has 1 amide bonds. The molecule has 2 aromatic rings. The van der Waals surface area contributed by atoms with E-state index in [1.807, 2.05) is 31.2 Å². The molecule has 30 heavy (non-hydrogen) atoms. The number of carbonyl (C=O) groups excluding carboxylic acids is 2. The molecule has 158 valence electrons. The van der Waals surface area contributed by atoms with Gasteiger partial charge in [0, 0.05) is 12.1 Å². The summed E-state index contributed by atoms with van der Waals surface area (Å²) in [7, 11) is 1.56. The third-order valence-corrected chi connectivity index (χ3v) is 6.07. The number of unbranched alkanes of at least 4 members (excludes halogenated alkanes) is 2. The van der Waals surface area contributed by atoms with Crippen molar-refractivity contribution in [3.8, 4) is 5.75 Å². The van der Waals surface area contributed by atoms with Gasteiger partial charge in [-0.05, 0) is 58.6 Å². The number of Topliss-reactive ketones (excluding diaryl/α,β-unsaturated/α-hetero) is 1. The zero-order valence-corrected chi connectivity index (χ0v) is 19.0. The number of ketones is 1. The van der Waals surface area contributed by atoms with Crippen LogP contribution in [0.15, 0.2) is 52.5 Å². The van der Waals surface area contributed by atoms with E-state index in [2.05, 4.69) is 22.9 Å². The second-order valence-electron chi connectivity index (χ2n) is 7.41. The van der Waals surface area contributed by atoms with E-state index in [4.69, 9.17) is 4.74 Å². The Bertz CT molecular complexity index is 998. The van der Waals surface area contributed by atoms with Crippen LogP contribution in [0.1, 0.15) is 48.9 Å². The van der Waals surface area contributed by atoms with Gasteiger partial charge < -0.3 is 14.7 Å². The monoisotopic (exact) mass is 471 g/mol. The molecule has 1 aliphatic rings. The highest BCUT2D eigenvalue weighted by atomic mass is 79.9. The summed E-state index contributed by atoms with van der Waals surface area (Å²) in [5.41, 5.74) is 2.39. The van der Waals surface area contributed by atoms with E-state index in [1.54, 1.807) is 30.2 Å². The Morgan fingerprint density at radius 3 is 2.53 bits per heavy atom. The lowest BCUT2D eigenvalue weighted by molar-refractivity contribution is -0.139. The van der Waals surface area contributed by atoms with E-state index in [9.17, 15) is 14.7 Å². The second kappa shape index (κ2) is 9.47. The highest BCUT2D eigenvalue weighted by Gasteiger charge is 2.46. The van der Waals surface area contributed by atoms with Gasteiger partial charge >= 0.3 is 0 Å². The van der Waals surface area contributed by atoms with Gasteiger partial charge in [-0.1, -0.05) is 44.0 Å². The van der Waals surface area contributed by atoms with E-state index in [0.29, 0.717) is 22.3 Å². The Balaban J connectivity index is 2.15. The largest absolute Gasteiger partial charge is 0.507 e. The minimum absolute atomic E-state index is 0.128. The molecule has 1 fully saturated rings. The summed E-state index contributed by atoms with van der Waals surface area (Å²) in [5.74, 6) is -0.775. The van der Waals surface area contributed by atoms with E-state index in [1.165, 1.54) is 0 Å². The number of methoxy groups -OCH3 is 1. The summed E-state index contributed by atoms with van der Waals surface area (Å²) in [6.07, 6.45) is 2.79. The number of ether oxygens (including phenoxy) is 1. The summed E-state index contributed by atoms with van der Waals surface area (Å²) in [6, 6.07) is 12.1. The van der Waals surface area contributed by atoms with Crippen LogP contribution < -0.4 is 4.74 Å². The fourth-order valence-electron chi connectivity index (χ4n) is 3.83. The first kappa shape index (κ1) is 22.1. The maximum absolute atomic E-state index is 13.0. The Labute approximate surface area is 185 Å². The molecule has 1 atom stereocenters. The number of benzene rings is 2. The average molecular weight is 472 g/mol. The quantitative estimate of drug-likeness (QED) is 0.254. The van der Waals surface area contributed by atoms with E-state index < -0.39 is 17.7 Å². The van der Waals surface area contributed by atoms with Crippen LogP contribution in [0.25, 0.3) is 5.76 Å². The molecule has 0 aromatic heterocycles. The lowest BCUT2D eigenvalue weighted by Gasteiger charge is -2.26.